The van der Waals surface area contributed by atoms with E-state index >= 15 is 0 Å². The second-order valence-corrected chi connectivity index (χ2v) is 5.61. The van der Waals surface area contributed by atoms with Gasteiger partial charge in [-0.3, -0.25) is 10.1 Å². The van der Waals surface area contributed by atoms with Crippen LogP contribution in [0.3, 0.4) is 0 Å². The van der Waals surface area contributed by atoms with Crippen LogP contribution in [0, 0.1) is 15.9 Å². The van der Waals surface area contributed by atoms with Gasteiger partial charge < -0.3 is 15.3 Å². The number of pyridine rings is 1. The highest BCUT2D eigenvalue weighted by molar-refractivity contribution is 5.80. The van der Waals surface area contributed by atoms with Gasteiger partial charge in [0.1, 0.15) is 17.9 Å². The highest BCUT2D eigenvalue weighted by Gasteiger charge is 2.16. The molecule has 0 amide bonds. The summed E-state index contributed by atoms with van der Waals surface area (Å²) in [4.78, 5) is 24.7. The number of nitrogens with zero attached hydrogens (tertiary/aromatic N) is 2. The number of aldehydes is 1. The van der Waals surface area contributed by atoms with Crippen LogP contribution < -0.4 is 10.5 Å². The number of ether oxygens (including phenoxy) is 1. The Hall–Kier alpha value is -3.81. The largest absolute Gasteiger partial charge is 0.453 e. The zero-order valence-electron chi connectivity index (χ0n) is 14.0. The molecule has 1 aromatic heterocycles. The molecule has 3 rings (SSSR count). The average molecular weight is 367 g/mol. The number of non-ortho nitro benzene ring substituents is 1. The van der Waals surface area contributed by atoms with Gasteiger partial charge in [0.15, 0.2) is 11.6 Å². The lowest BCUT2D eigenvalue weighted by Gasteiger charge is -2.13. The summed E-state index contributed by atoms with van der Waals surface area (Å²) in [5, 5.41) is 10.7. The SMILES string of the molecule is Nc1nccc(Oc2ccc([N+](=O)[O-])cc2F)c1-c1ccc(CC=O)cc1. The fourth-order valence-corrected chi connectivity index (χ4v) is 2.54. The van der Waals surface area contributed by atoms with Crippen LogP contribution >= 0.6 is 0 Å². The maximum Gasteiger partial charge on any atom is 0.272 e. The molecule has 0 fully saturated rings. The van der Waals surface area contributed by atoms with Gasteiger partial charge in [0.25, 0.3) is 5.69 Å². The Morgan fingerprint density at radius 2 is 1.89 bits per heavy atom. The average Bonchev–Trinajstić information content (AvgIpc) is 2.64. The maximum atomic E-state index is 14.2. The smallest absolute Gasteiger partial charge is 0.272 e. The van der Waals surface area contributed by atoms with Gasteiger partial charge >= 0.3 is 0 Å². The van der Waals surface area contributed by atoms with Crippen LogP contribution in [0.1, 0.15) is 5.56 Å². The molecule has 0 aliphatic heterocycles. The predicted molar refractivity (Wildman–Crippen MR) is 97.0 cm³/mol. The first kappa shape index (κ1) is 18.0. The lowest BCUT2D eigenvalue weighted by molar-refractivity contribution is -0.385. The normalized spacial score (nSPS) is 10.4. The number of hydrogen-bond donors (Lipinski definition) is 1. The van der Waals surface area contributed by atoms with E-state index in [1.54, 1.807) is 24.3 Å². The molecule has 7 nitrogen and oxygen atoms in total. The number of nitrogens with two attached hydrogens (primary N) is 1. The van der Waals surface area contributed by atoms with Crippen molar-refractivity contribution >= 4 is 17.8 Å². The van der Waals surface area contributed by atoms with E-state index in [2.05, 4.69) is 4.98 Å². The Morgan fingerprint density at radius 3 is 2.52 bits per heavy atom. The van der Waals surface area contributed by atoms with Gasteiger partial charge in [-0.1, -0.05) is 24.3 Å². The first-order valence-corrected chi connectivity index (χ1v) is 7.89. The summed E-state index contributed by atoms with van der Waals surface area (Å²) in [7, 11) is 0. The fraction of sp³-hybridized carbons (Fsp3) is 0.0526. The number of aromatic nitrogens is 1. The Kier molecular flexibility index (Phi) is 5.07. The molecule has 0 aliphatic carbocycles. The van der Waals surface area contributed by atoms with Crippen LogP contribution in [0.2, 0.25) is 0 Å². The summed E-state index contributed by atoms with van der Waals surface area (Å²) < 4.78 is 19.8. The number of rotatable bonds is 6. The van der Waals surface area contributed by atoms with Gasteiger partial charge in [0.2, 0.25) is 0 Å². The summed E-state index contributed by atoms with van der Waals surface area (Å²) in [5.74, 6) is -0.617. The van der Waals surface area contributed by atoms with E-state index in [1.807, 2.05) is 0 Å². The Labute approximate surface area is 153 Å². The minimum Gasteiger partial charge on any atom is -0.453 e. The molecule has 0 radical (unpaired) electrons. The number of halogens is 1. The third kappa shape index (κ3) is 3.90. The molecular formula is C19H14FN3O4. The molecule has 8 heteroatoms. The van der Waals surface area contributed by atoms with Gasteiger partial charge in [-0.2, -0.15) is 0 Å². The molecule has 0 unspecified atom stereocenters. The van der Waals surface area contributed by atoms with E-state index in [4.69, 9.17) is 10.5 Å². The minimum absolute atomic E-state index is 0.176. The van der Waals surface area contributed by atoms with Gasteiger partial charge in [-0.15, -0.1) is 0 Å². The topological polar surface area (TPSA) is 108 Å². The summed E-state index contributed by atoms with van der Waals surface area (Å²) in [6, 6.07) is 11.7. The molecule has 0 aliphatic rings. The van der Waals surface area contributed by atoms with Crippen LogP contribution in [0.4, 0.5) is 15.9 Å². The first-order chi connectivity index (χ1) is 13.0. The molecule has 0 saturated carbocycles. The van der Waals surface area contributed by atoms with Crippen LogP contribution in [0.15, 0.2) is 54.7 Å². The number of nitro benzene ring substituents is 1. The van der Waals surface area contributed by atoms with Gasteiger partial charge in [0, 0.05) is 18.7 Å². The first-order valence-electron chi connectivity index (χ1n) is 7.89. The van der Waals surface area contributed by atoms with Crippen LogP contribution in [-0.2, 0) is 11.2 Å². The third-order valence-electron chi connectivity index (χ3n) is 3.85. The molecule has 0 saturated heterocycles. The van der Waals surface area contributed by atoms with Crippen molar-refractivity contribution in [3.8, 4) is 22.6 Å². The molecule has 1 heterocycles. The summed E-state index contributed by atoms with van der Waals surface area (Å²) in [5.41, 5.74) is 7.56. The zero-order valence-corrected chi connectivity index (χ0v) is 14.0. The van der Waals surface area contributed by atoms with E-state index < -0.39 is 10.7 Å². The van der Waals surface area contributed by atoms with Crippen LogP contribution in [0.5, 0.6) is 11.5 Å². The van der Waals surface area contributed by atoms with E-state index in [0.29, 0.717) is 17.5 Å². The lowest BCUT2D eigenvalue weighted by Crippen LogP contribution is -1.99. The summed E-state index contributed by atoms with van der Waals surface area (Å²) >= 11 is 0. The third-order valence-corrected chi connectivity index (χ3v) is 3.85. The van der Waals surface area contributed by atoms with E-state index in [9.17, 15) is 19.3 Å². The minimum atomic E-state index is -0.869. The fourth-order valence-electron chi connectivity index (χ4n) is 2.54. The molecule has 136 valence electrons. The van der Waals surface area contributed by atoms with E-state index in [0.717, 1.165) is 24.0 Å². The number of carbonyl (C=O) groups excluding carboxylic acids is 1. The van der Waals surface area contributed by atoms with Crippen molar-refractivity contribution in [2.75, 3.05) is 5.73 Å². The standard InChI is InChI=1S/C19H14FN3O4/c20-15-11-14(23(25)26)5-6-16(15)27-17-7-9-22-19(21)18(17)13-3-1-12(2-4-13)8-10-24/h1-7,9-11H,8H2,(H2,21,22). The zero-order chi connectivity index (χ0) is 19.4. The number of anilines is 1. The van der Waals surface area contributed by atoms with E-state index in [1.165, 1.54) is 18.3 Å². The number of hydrogen-bond acceptors (Lipinski definition) is 6. The van der Waals surface area contributed by atoms with Crippen molar-refractivity contribution in [2.24, 2.45) is 0 Å². The van der Waals surface area contributed by atoms with Gasteiger partial charge in [-0.25, -0.2) is 9.37 Å². The summed E-state index contributed by atoms with van der Waals surface area (Å²) in [6.45, 7) is 0. The molecule has 3 aromatic rings. The molecule has 27 heavy (non-hydrogen) atoms. The lowest BCUT2D eigenvalue weighted by atomic mass is 10.0. The Bertz CT molecular complexity index is 1010. The highest BCUT2D eigenvalue weighted by atomic mass is 19.1. The Morgan fingerprint density at radius 1 is 1.15 bits per heavy atom. The summed E-state index contributed by atoms with van der Waals surface area (Å²) in [6.07, 6.45) is 2.51. The van der Waals surface area contributed by atoms with Gasteiger partial charge in [0.05, 0.1) is 16.6 Å². The molecule has 2 N–H and O–H groups in total. The number of benzene rings is 2. The van der Waals surface area contributed by atoms with Gasteiger partial charge in [-0.05, 0) is 23.3 Å². The second kappa shape index (κ2) is 7.61. The van der Waals surface area contributed by atoms with Crippen molar-refractivity contribution in [3.05, 3.63) is 76.2 Å². The maximum absolute atomic E-state index is 14.2. The van der Waals surface area contributed by atoms with Crippen molar-refractivity contribution < 1.29 is 18.8 Å². The number of nitrogen functional groups attached to an aromatic ring is 1. The highest BCUT2D eigenvalue weighted by Crippen LogP contribution is 2.37. The van der Waals surface area contributed by atoms with Crippen LogP contribution in [0.25, 0.3) is 11.1 Å². The van der Waals surface area contributed by atoms with Crippen molar-refractivity contribution in [3.63, 3.8) is 0 Å². The second-order valence-electron chi connectivity index (χ2n) is 5.61. The van der Waals surface area contributed by atoms with E-state index in [-0.39, 0.29) is 23.0 Å². The molecule has 2 aromatic carbocycles. The molecular weight excluding hydrogens is 353 g/mol. The molecule has 0 spiro atoms. The van der Waals surface area contributed by atoms with Crippen molar-refractivity contribution in [1.29, 1.82) is 0 Å². The van der Waals surface area contributed by atoms with Crippen LogP contribution in [-0.4, -0.2) is 16.2 Å². The quantitative estimate of drug-likeness (QED) is 0.402. The number of carbonyl (C=O) groups is 1. The molecule has 0 bridgehead atoms. The Balaban J connectivity index is 1.99. The predicted octanol–water partition coefficient (Wildman–Crippen LogP) is 3.91. The molecule has 0 atom stereocenters. The number of nitro groups is 1. The van der Waals surface area contributed by atoms with Crippen molar-refractivity contribution in [1.82, 2.24) is 4.98 Å². The van der Waals surface area contributed by atoms with Crippen molar-refractivity contribution in [2.45, 2.75) is 6.42 Å². The monoisotopic (exact) mass is 367 g/mol.